The van der Waals surface area contributed by atoms with Gasteiger partial charge in [-0.15, -0.1) is 0 Å². The maximum Gasteiger partial charge on any atom is 0.196 e. The molecule has 1 aromatic heterocycles. The van der Waals surface area contributed by atoms with Gasteiger partial charge in [-0.1, -0.05) is 0 Å². The van der Waals surface area contributed by atoms with Crippen molar-refractivity contribution in [3.05, 3.63) is 29.8 Å². The molecule has 0 amide bonds. The van der Waals surface area contributed by atoms with Crippen LogP contribution < -0.4 is 4.90 Å². The standard InChI is InChI=1S/C11H12FNO2/c1-8(14)10-4-5-11(15-10)13-6-2-3-9(12)7-13/h3-5H,2,6-7H2,1H3. The third kappa shape index (κ3) is 2.09. The highest BCUT2D eigenvalue weighted by molar-refractivity contribution is 5.91. The molecular formula is C11H12FNO2. The summed E-state index contributed by atoms with van der Waals surface area (Å²) in [5.74, 6) is 0.611. The van der Waals surface area contributed by atoms with Crippen LogP contribution in [0.25, 0.3) is 0 Å². The van der Waals surface area contributed by atoms with Crippen molar-refractivity contribution < 1.29 is 13.6 Å². The van der Waals surface area contributed by atoms with Crippen LogP contribution in [0.2, 0.25) is 0 Å². The summed E-state index contributed by atoms with van der Waals surface area (Å²) >= 11 is 0. The van der Waals surface area contributed by atoms with Gasteiger partial charge < -0.3 is 9.32 Å². The quantitative estimate of drug-likeness (QED) is 0.702. The van der Waals surface area contributed by atoms with E-state index in [9.17, 15) is 9.18 Å². The normalized spacial score (nSPS) is 16.4. The lowest BCUT2D eigenvalue weighted by molar-refractivity contribution is 0.0988. The molecule has 15 heavy (non-hydrogen) atoms. The molecule has 0 saturated heterocycles. The molecule has 1 aromatic rings. The number of furan rings is 1. The first-order chi connectivity index (χ1) is 7.16. The number of hydrogen-bond acceptors (Lipinski definition) is 3. The number of Topliss-reactive ketones (excluding diaryl/α,β-unsaturated/α-hetero) is 1. The number of hydrogen-bond donors (Lipinski definition) is 0. The van der Waals surface area contributed by atoms with Crippen LogP contribution >= 0.6 is 0 Å². The average Bonchev–Trinajstić information content (AvgIpc) is 2.66. The number of carbonyl (C=O) groups is 1. The van der Waals surface area contributed by atoms with E-state index in [1.54, 1.807) is 23.1 Å². The summed E-state index contributed by atoms with van der Waals surface area (Å²) < 4.78 is 18.3. The molecule has 0 aliphatic carbocycles. The Morgan fingerprint density at radius 1 is 1.53 bits per heavy atom. The molecule has 3 nitrogen and oxygen atoms in total. The van der Waals surface area contributed by atoms with Gasteiger partial charge in [0.05, 0.1) is 6.54 Å². The van der Waals surface area contributed by atoms with Crippen LogP contribution in [0.5, 0.6) is 0 Å². The van der Waals surface area contributed by atoms with Crippen LogP contribution in [0.1, 0.15) is 23.9 Å². The maximum absolute atomic E-state index is 13.0. The van der Waals surface area contributed by atoms with Crippen LogP contribution in [0.3, 0.4) is 0 Å². The van der Waals surface area contributed by atoms with Crippen LogP contribution in [0, 0.1) is 0 Å². The van der Waals surface area contributed by atoms with Crippen molar-refractivity contribution in [3.63, 3.8) is 0 Å². The third-order valence-corrected chi connectivity index (χ3v) is 2.36. The second-order valence-corrected chi connectivity index (χ2v) is 3.56. The number of nitrogens with zero attached hydrogens (tertiary/aromatic N) is 1. The zero-order chi connectivity index (χ0) is 10.8. The Morgan fingerprint density at radius 2 is 2.33 bits per heavy atom. The van der Waals surface area contributed by atoms with Gasteiger partial charge in [0.15, 0.2) is 17.4 Å². The molecule has 0 atom stereocenters. The van der Waals surface area contributed by atoms with Crippen LogP contribution in [-0.4, -0.2) is 18.9 Å². The Kier molecular flexibility index (Phi) is 2.58. The van der Waals surface area contributed by atoms with E-state index in [0.717, 1.165) is 6.54 Å². The van der Waals surface area contributed by atoms with Crippen molar-refractivity contribution in [1.29, 1.82) is 0 Å². The Hall–Kier alpha value is -1.58. The number of carbonyl (C=O) groups excluding carboxylic acids is 1. The minimum atomic E-state index is -0.151. The molecule has 0 bridgehead atoms. The number of anilines is 1. The molecule has 2 rings (SSSR count). The lowest BCUT2D eigenvalue weighted by Crippen LogP contribution is -2.28. The fourth-order valence-corrected chi connectivity index (χ4v) is 1.58. The minimum Gasteiger partial charge on any atom is -0.437 e. The molecular weight excluding hydrogens is 197 g/mol. The van der Waals surface area contributed by atoms with Crippen molar-refractivity contribution in [2.75, 3.05) is 18.0 Å². The average molecular weight is 209 g/mol. The lowest BCUT2D eigenvalue weighted by atomic mass is 10.2. The van der Waals surface area contributed by atoms with Gasteiger partial charge in [0.1, 0.15) is 5.83 Å². The molecule has 0 spiro atoms. The van der Waals surface area contributed by atoms with Crippen molar-refractivity contribution in [1.82, 2.24) is 0 Å². The highest BCUT2D eigenvalue weighted by atomic mass is 19.1. The second-order valence-electron chi connectivity index (χ2n) is 3.56. The second kappa shape index (κ2) is 3.88. The van der Waals surface area contributed by atoms with E-state index in [2.05, 4.69) is 0 Å². The summed E-state index contributed by atoms with van der Waals surface area (Å²) in [4.78, 5) is 12.8. The summed E-state index contributed by atoms with van der Waals surface area (Å²) in [5, 5.41) is 0. The topological polar surface area (TPSA) is 33.5 Å². The summed E-state index contributed by atoms with van der Waals surface area (Å²) in [7, 11) is 0. The summed E-state index contributed by atoms with van der Waals surface area (Å²) in [6.07, 6.45) is 2.24. The molecule has 0 unspecified atom stereocenters. The molecule has 80 valence electrons. The zero-order valence-corrected chi connectivity index (χ0v) is 8.50. The predicted octanol–water partition coefficient (Wildman–Crippen LogP) is 2.55. The Bertz CT molecular complexity index is 408. The first kappa shape index (κ1) is 9.96. The van der Waals surface area contributed by atoms with Crippen molar-refractivity contribution in [2.24, 2.45) is 0 Å². The molecule has 0 fully saturated rings. The monoisotopic (exact) mass is 209 g/mol. The van der Waals surface area contributed by atoms with Crippen molar-refractivity contribution >= 4 is 11.7 Å². The largest absolute Gasteiger partial charge is 0.437 e. The van der Waals surface area contributed by atoms with Crippen LogP contribution in [0.4, 0.5) is 10.3 Å². The summed E-state index contributed by atoms with van der Waals surface area (Å²) in [6, 6.07) is 3.32. The van der Waals surface area contributed by atoms with Crippen LogP contribution in [0.15, 0.2) is 28.5 Å². The van der Waals surface area contributed by atoms with Gasteiger partial charge in [-0.05, 0) is 18.6 Å². The molecule has 4 heteroatoms. The smallest absolute Gasteiger partial charge is 0.196 e. The van der Waals surface area contributed by atoms with E-state index in [1.807, 2.05) is 0 Å². The number of rotatable bonds is 2. The summed E-state index contributed by atoms with van der Waals surface area (Å²) in [5.41, 5.74) is 0. The Morgan fingerprint density at radius 3 is 2.93 bits per heavy atom. The van der Waals surface area contributed by atoms with Gasteiger partial charge in [-0.2, -0.15) is 0 Å². The molecule has 2 heterocycles. The van der Waals surface area contributed by atoms with Gasteiger partial charge >= 0.3 is 0 Å². The van der Waals surface area contributed by atoms with E-state index in [-0.39, 0.29) is 18.2 Å². The van der Waals surface area contributed by atoms with E-state index >= 15 is 0 Å². The van der Waals surface area contributed by atoms with E-state index in [4.69, 9.17) is 4.42 Å². The SMILES string of the molecule is CC(=O)c1ccc(N2CCC=C(F)C2)o1. The van der Waals surface area contributed by atoms with E-state index in [1.165, 1.54) is 6.92 Å². The number of ketones is 1. The fraction of sp³-hybridized carbons (Fsp3) is 0.364. The van der Waals surface area contributed by atoms with Gasteiger partial charge in [0.25, 0.3) is 0 Å². The van der Waals surface area contributed by atoms with Crippen molar-refractivity contribution in [3.8, 4) is 0 Å². The molecule has 0 saturated carbocycles. The van der Waals surface area contributed by atoms with Gasteiger partial charge in [0.2, 0.25) is 0 Å². The first-order valence-corrected chi connectivity index (χ1v) is 4.87. The van der Waals surface area contributed by atoms with Gasteiger partial charge in [0, 0.05) is 19.5 Å². The lowest BCUT2D eigenvalue weighted by Gasteiger charge is -2.23. The molecule has 1 aliphatic heterocycles. The Labute approximate surface area is 87.2 Å². The maximum atomic E-state index is 13.0. The predicted molar refractivity (Wildman–Crippen MR) is 54.7 cm³/mol. The highest BCUT2D eigenvalue weighted by Gasteiger charge is 2.16. The van der Waals surface area contributed by atoms with Crippen LogP contribution in [-0.2, 0) is 0 Å². The Balaban J connectivity index is 2.16. The molecule has 0 aromatic carbocycles. The molecule has 0 N–H and O–H groups in total. The van der Waals surface area contributed by atoms with E-state index in [0.29, 0.717) is 18.1 Å². The third-order valence-electron chi connectivity index (χ3n) is 2.36. The minimum absolute atomic E-state index is 0.116. The summed E-state index contributed by atoms with van der Waals surface area (Å²) in [6.45, 7) is 2.39. The van der Waals surface area contributed by atoms with E-state index < -0.39 is 0 Å². The highest BCUT2D eigenvalue weighted by Crippen LogP contribution is 2.22. The first-order valence-electron chi connectivity index (χ1n) is 4.87. The van der Waals surface area contributed by atoms with Gasteiger partial charge in [-0.25, -0.2) is 4.39 Å². The zero-order valence-electron chi connectivity index (χ0n) is 8.50. The molecule has 1 aliphatic rings. The van der Waals surface area contributed by atoms with Gasteiger partial charge in [-0.3, -0.25) is 4.79 Å². The molecule has 0 radical (unpaired) electrons. The fourth-order valence-electron chi connectivity index (χ4n) is 1.58. The number of halogens is 1. The van der Waals surface area contributed by atoms with Crippen molar-refractivity contribution in [2.45, 2.75) is 13.3 Å².